The molecule has 0 aromatic heterocycles. The molecular weight excluding hydrogens is 274 g/mol. The number of hydrogen-bond donors (Lipinski definition) is 1. The Morgan fingerprint density at radius 1 is 1.33 bits per heavy atom. The van der Waals surface area contributed by atoms with Gasteiger partial charge in [0.1, 0.15) is 11.4 Å². The van der Waals surface area contributed by atoms with Gasteiger partial charge in [0.15, 0.2) is 11.6 Å². The molecule has 1 rings (SSSR count). The van der Waals surface area contributed by atoms with Crippen LogP contribution in [0.15, 0.2) is 18.2 Å². The van der Waals surface area contributed by atoms with Gasteiger partial charge in [-0.25, -0.2) is 8.78 Å². The van der Waals surface area contributed by atoms with Crippen LogP contribution < -0.4 is 10.1 Å². The molecule has 3 nitrogen and oxygen atoms in total. The monoisotopic (exact) mass is 296 g/mol. The van der Waals surface area contributed by atoms with Gasteiger partial charge in [-0.05, 0) is 51.3 Å². The summed E-state index contributed by atoms with van der Waals surface area (Å²) in [5, 5.41) is 12.4. The highest BCUT2D eigenvalue weighted by Crippen LogP contribution is 2.18. The summed E-state index contributed by atoms with van der Waals surface area (Å²) in [7, 11) is 0. The van der Waals surface area contributed by atoms with E-state index in [1.165, 1.54) is 12.1 Å². The van der Waals surface area contributed by atoms with Gasteiger partial charge in [-0.3, -0.25) is 5.32 Å². The first-order valence-electron chi connectivity index (χ1n) is 7.25. The van der Waals surface area contributed by atoms with Gasteiger partial charge in [-0.1, -0.05) is 6.92 Å². The Labute approximate surface area is 124 Å². The maximum absolute atomic E-state index is 13.3. The van der Waals surface area contributed by atoms with Crippen LogP contribution in [0.2, 0.25) is 0 Å². The molecule has 5 heteroatoms. The van der Waals surface area contributed by atoms with Crippen molar-refractivity contribution in [2.45, 2.75) is 45.1 Å². The van der Waals surface area contributed by atoms with Crippen LogP contribution in [0.1, 0.15) is 39.5 Å². The Morgan fingerprint density at radius 3 is 2.71 bits per heavy atom. The lowest BCUT2D eigenvalue weighted by molar-refractivity contribution is 0.282. The molecule has 1 unspecified atom stereocenters. The molecule has 1 N–H and O–H groups in total. The molecule has 1 aromatic rings. The summed E-state index contributed by atoms with van der Waals surface area (Å²) < 4.78 is 31.3. The van der Waals surface area contributed by atoms with E-state index in [4.69, 9.17) is 4.74 Å². The van der Waals surface area contributed by atoms with Crippen molar-refractivity contribution in [1.29, 1.82) is 5.26 Å². The lowest BCUT2D eigenvalue weighted by Gasteiger charge is -2.22. The van der Waals surface area contributed by atoms with Gasteiger partial charge in [0.05, 0.1) is 12.7 Å². The summed E-state index contributed by atoms with van der Waals surface area (Å²) in [5.41, 5.74) is -0.531. The first kappa shape index (κ1) is 17.4. The fourth-order valence-corrected chi connectivity index (χ4v) is 1.94. The van der Waals surface area contributed by atoms with Crippen molar-refractivity contribution in [2.24, 2.45) is 0 Å². The van der Waals surface area contributed by atoms with Crippen molar-refractivity contribution >= 4 is 0 Å². The number of halogens is 2. The Balaban J connectivity index is 2.29. The van der Waals surface area contributed by atoms with E-state index in [0.29, 0.717) is 19.4 Å². The van der Waals surface area contributed by atoms with Gasteiger partial charge in [-0.15, -0.1) is 0 Å². The first-order valence-corrected chi connectivity index (χ1v) is 7.25. The van der Waals surface area contributed by atoms with Crippen molar-refractivity contribution in [3.8, 4) is 11.8 Å². The summed E-state index contributed by atoms with van der Waals surface area (Å²) in [6, 6.07) is 5.54. The Hall–Kier alpha value is -1.67. The highest BCUT2D eigenvalue weighted by molar-refractivity contribution is 5.24. The van der Waals surface area contributed by atoms with E-state index in [2.05, 4.69) is 18.3 Å². The maximum atomic E-state index is 13.3. The SMILES string of the molecule is CCCNC(C)(C#N)CCCCOc1ccc(F)cc1F. The van der Waals surface area contributed by atoms with Crippen LogP contribution in [0.25, 0.3) is 0 Å². The van der Waals surface area contributed by atoms with E-state index in [9.17, 15) is 14.0 Å². The lowest BCUT2D eigenvalue weighted by Crippen LogP contribution is -2.41. The number of ether oxygens (including phenoxy) is 1. The third-order valence-corrected chi connectivity index (χ3v) is 3.23. The van der Waals surface area contributed by atoms with Crippen LogP contribution >= 0.6 is 0 Å². The molecule has 0 amide bonds. The zero-order valence-electron chi connectivity index (χ0n) is 12.6. The minimum atomic E-state index is -0.693. The van der Waals surface area contributed by atoms with Crippen LogP contribution in [0.3, 0.4) is 0 Å². The van der Waals surface area contributed by atoms with Crippen LogP contribution in [-0.4, -0.2) is 18.7 Å². The average Bonchev–Trinajstić information content (AvgIpc) is 2.47. The van der Waals surface area contributed by atoms with Crippen molar-refractivity contribution in [2.75, 3.05) is 13.2 Å². The third kappa shape index (κ3) is 6.09. The van der Waals surface area contributed by atoms with E-state index >= 15 is 0 Å². The van der Waals surface area contributed by atoms with E-state index in [-0.39, 0.29) is 5.75 Å². The third-order valence-electron chi connectivity index (χ3n) is 3.23. The fourth-order valence-electron chi connectivity index (χ4n) is 1.94. The Kier molecular flexibility index (Phi) is 7.10. The molecule has 0 saturated heterocycles. The number of nitriles is 1. The lowest BCUT2D eigenvalue weighted by atomic mass is 9.96. The van der Waals surface area contributed by atoms with Gasteiger partial charge in [0.25, 0.3) is 0 Å². The van der Waals surface area contributed by atoms with Crippen LogP contribution in [0.4, 0.5) is 8.78 Å². The standard InChI is InChI=1S/C16H22F2N2O/c1-3-9-20-16(2,12-19)8-4-5-10-21-15-7-6-13(17)11-14(15)18/h6-7,11,20H,3-5,8-10H2,1-2H3. The summed E-state index contributed by atoms with van der Waals surface area (Å²) in [4.78, 5) is 0. The van der Waals surface area contributed by atoms with E-state index < -0.39 is 17.2 Å². The second-order valence-corrected chi connectivity index (χ2v) is 5.25. The number of unbranched alkanes of at least 4 members (excludes halogenated alkanes) is 1. The normalized spacial score (nSPS) is 13.5. The number of rotatable bonds is 9. The number of nitrogens with one attached hydrogen (secondary N) is 1. The molecule has 0 spiro atoms. The molecule has 1 aromatic carbocycles. The predicted octanol–water partition coefficient (Wildman–Crippen LogP) is 3.80. The summed E-state index contributed by atoms with van der Waals surface area (Å²) >= 11 is 0. The molecule has 116 valence electrons. The summed E-state index contributed by atoms with van der Waals surface area (Å²) in [5.74, 6) is -1.25. The molecular formula is C16H22F2N2O. The largest absolute Gasteiger partial charge is 0.491 e. The quantitative estimate of drug-likeness (QED) is 0.705. The van der Waals surface area contributed by atoms with Crippen molar-refractivity contribution < 1.29 is 13.5 Å². The van der Waals surface area contributed by atoms with Crippen LogP contribution in [0, 0.1) is 23.0 Å². The van der Waals surface area contributed by atoms with Crippen molar-refractivity contribution in [1.82, 2.24) is 5.32 Å². The first-order chi connectivity index (χ1) is 10.0. The predicted molar refractivity (Wildman–Crippen MR) is 78.0 cm³/mol. The number of benzene rings is 1. The fraction of sp³-hybridized carbons (Fsp3) is 0.562. The number of nitrogens with zero attached hydrogens (tertiary/aromatic N) is 1. The Morgan fingerprint density at radius 2 is 2.10 bits per heavy atom. The van der Waals surface area contributed by atoms with Crippen LogP contribution in [-0.2, 0) is 0 Å². The highest BCUT2D eigenvalue weighted by atomic mass is 19.1. The molecule has 21 heavy (non-hydrogen) atoms. The second kappa shape index (κ2) is 8.58. The molecule has 0 radical (unpaired) electrons. The van der Waals surface area contributed by atoms with Gasteiger partial charge in [0.2, 0.25) is 0 Å². The summed E-state index contributed by atoms with van der Waals surface area (Å²) in [6.45, 7) is 5.08. The minimum absolute atomic E-state index is 0.0588. The minimum Gasteiger partial charge on any atom is -0.491 e. The molecule has 0 aliphatic rings. The van der Waals surface area contributed by atoms with Gasteiger partial charge in [-0.2, -0.15) is 5.26 Å². The highest BCUT2D eigenvalue weighted by Gasteiger charge is 2.21. The van der Waals surface area contributed by atoms with Crippen molar-refractivity contribution in [3.05, 3.63) is 29.8 Å². The number of hydrogen-bond acceptors (Lipinski definition) is 3. The second-order valence-electron chi connectivity index (χ2n) is 5.25. The van der Waals surface area contributed by atoms with E-state index in [1.54, 1.807) is 0 Å². The van der Waals surface area contributed by atoms with Crippen molar-refractivity contribution in [3.63, 3.8) is 0 Å². The summed E-state index contributed by atoms with van der Waals surface area (Å²) in [6.07, 6.45) is 3.19. The molecule has 1 atom stereocenters. The smallest absolute Gasteiger partial charge is 0.167 e. The molecule has 0 fully saturated rings. The molecule has 0 aliphatic heterocycles. The molecule has 0 bridgehead atoms. The van der Waals surface area contributed by atoms with Gasteiger partial charge < -0.3 is 4.74 Å². The van der Waals surface area contributed by atoms with Gasteiger partial charge in [0, 0.05) is 6.07 Å². The topological polar surface area (TPSA) is 45.0 Å². The zero-order chi connectivity index (χ0) is 15.7. The molecule has 0 saturated carbocycles. The van der Waals surface area contributed by atoms with Gasteiger partial charge >= 0.3 is 0 Å². The Bertz CT molecular complexity index is 488. The molecule has 0 aliphatic carbocycles. The molecule has 0 heterocycles. The van der Waals surface area contributed by atoms with E-state index in [0.717, 1.165) is 25.5 Å². The average molecular weight is 296 g/mol. The van der Waals surface area contributed by atoms with E-state index in [1.807, 2.05) is 6.92 Å². The zero-order valence-corrected chi connectivity index (χ0v) is 12.6. The van der Waals surface area contributed by atoms with Crippen LogP contribution in [0.5, 0.6) is 5.75 Å². The maximum Gasteiger partial charge on any atom is 0.167 e.